The van der Waals surface area contributed by atoms with Gasteiger partial charge in [-0.15, -0.1) is 0 Å². The van der Waals surface area contributed by atoms with Gasteiger partial charge in [0.15, 0.2) is 0 Å². The summed E-state index contributed by atoms with van der Waals surface area (Å²) < 4.78 is 34.5. The molecule has 1 aliphatic heterocycles. The van der Waals surface area contributed by atoms with Crippen LogP contribution in [0.1, 0.15) is 50.0 Å². The summed E-state index contributed by atoms with van der Waals surface area (Å²) in [6, 6.07) is 2.07. The number of imide groups is 1. The lowest BCUT2D eigenvalue weighted by atomic mass is 9.87. The molecule has 6 nitrogen and oxygen atoms in total. The van der Waals surface area contributed by atoms with Crippen molar-refractivity contribution in [3.8, 4) is 5.75 Å². The molecular formula is C18H19F2NO5. The Labute approximate surface area is 148 Å². The average Bonchev–Trinajstić information content (AvgIpc) is 2.56. The number of nitrogens with one attached hydrogen (secondary N) is 1. The molecule has 0 radical (unpaired) electrons. The number of carbonyl (C=O) groups is 3. The Kier molecular flexibility index (Phi) is 5.20. The molecule has 1 saturated heterocycles. The fourth-order valence-electron chi connectivity index (χ4n) is 3.55. The van der Waals surface area contributed by atoms with Crippen LogP contribution in [-0.2, 0) is 14.4 Å². The number of piperidine rings is 1. The van der Waals surface area contributed by atoms with Gasteiger partial charge >= 0.3 is 5.97 Å². The molecule has 2 amide bonds. The molecule has 8 heteroatoms. The molecule has 0 bridgehead atoms. The number of carbonyl (C=O) groups excluding carboxylic acids is 2. The predicted octanol–water partition coefficient (Wildman–Crippen LogP) is 2.51. The Balaban J connectivity index is 1.71. The molecule has 1 aromatic carbocycles. The summed E-state index contributed by atoms with van der Waals surface area (Å²) in [6.07, 6.45) is 1.69. The first kappa shape index (κ1) is 18.3. The largest absolute Gasteiger partial charge is 0.490 e. The van der Waals surface area contributed by atoms with Gasteiger partial charge < -0.3 is 9.84 Å². The van der Waals surface area contributed by atoms with Crippen molar-refractivity contribution >= 4 is 17.8 Å². The maximum atomic E-state index is 14.4. The van der Waals surface area contributed by atoms with Crippen molar-refractivity contribution in [3.05, 3.63) is 29.3 Å². The number of rotatable bonds is 4. The molecule has 1 aliphatic carbocycles. The highest BCUT2D eigenvalue weighted by molar-refractivity contribution is 6.01. The molecule has 3 rings (SSSR count). The zero-order valence-electron chi connectivity index (χ0n) is 14.0. The SMILES string of the molecule is O=C1CC[C@H](c2c(F)cc(O[C@H]3CC[C@H](C(=O)O)CC3)cc2F)C(=O)N1. The number of benzene rings is 1. The van der Waals surface area contributed by atoms with Crippen molar-refractivity contribution in [2.24, 2.45) is 5.92 Å². The highest BCUT2D eigenvalue weighted by Gasteiger charge is 2.33. The van der Waals surface area contributed by atoms with Gasteiger partial charge in [0.25, 0.3) is 0 Å². The fourth-order valence-corrected chi connectivity index (χ4v) is 3.55. The molecule has 1 saturated carbocycles. The molecule has 0 unspecified atom stereocenters. The Morgan fingerprint density at radius 1 is 1.08 bits per heavy atom. The van der Waals surface area contributed by atoms with Crippen molar-refractivity contribution in [1.29, 1.82) is 0 Å². The lowest BCUT2D eigenvalue weighted by Gasteiger charge is -2.27. The van der Waals surface area contributed by atoms with Crippen LogP contribution in [0.15, 0.2) is 12.1 Å². The van der Waals surface area contributed by atoms with Crippen molar-refractivity contribution in [2.45, 2.75) is 50.5 Å². The number of hydrogen-bond donors (Lipinski definition) is 2. The molecule has 0 aromatic heterocycles. The number of aliphatic carboxylic acids is 1. The van der Waals surface area contributed by atoms with Gasteiger partial charge in [-0.05, 0) is 32.1 Å². The molecule has 1 heterocycles. The van der Waals surface area contributed by atoms with Gasteiger partial charge in [-0.2, -0.15) is 0 Å². The zero-order valence-corrected chi connectivity index (χ0v) is 14.0. The van der Waals surface area contributed by atoms with Crippen LogP contribution in [0.3, 0.4) is 0 Å². The van der Waals surface area contributed by atoms with E-state index in [0.717, 1.165) is 12.1 Å². The first-order chi connectivity index (χ1) is 12.3. The van der Waals surface area contributed by atoms with Gasteiger partial charge in [0.2, 0.25) is 11.8 Å². The molecule has 2 aliphatic rings. The second-order valence-electron chi connectivity index (χ2n) is 6.73. The third-order valence-corrected chi connectivity index (χ3v) is 4.97. The van der Waals surface area contributed by atoms with E-state index < -0.39 is 41.3 Å². The van der Waals surface area contributed by atoms with Crippen LogP contribution >= 0.6 is 0 Å². The number of halogens is 2. The number of hydrogen-bond acceptors (Lipinski definition) is 4. The van der Waals surface area contributed by atoms with E-state index in [2.05, 4.69) is 5.32 Å². The van der Waals surface area contributed by atoms with Gasteiger partial charge in [0, 0.05) is 24.1 Å². The van der Waals surface area contributed by atoms with Crippen molar-refractivity contribution in [1.82, 2.24) is 5.32 Å². The van der Waals surface area contributed by atoms with E-state index in [9.17, 15) is 23.2 Å². The van der Waals surface area contributed by atoms with Crippen LogP contribution in [-0.4, -0.2) is 29.0 Å². The molecule has 1 atom stereocenters. The Morgan fingerprint density at radius 2 is 1.69 bits per heavy atom. The highest BCUT2D eigenvalue weighted by Crippen LogP contribution is 2.33. The van der Waals surface area contributed by atoms with E-state index >= 15 is 0 Å². The summed E-state index contributed by atoms with van der Waals surface area (Å²) >= 11 is 0. The van der Waals surface area contributed by atoms with Gasteiger partial charge in [-0.3, -0.25) is 19.7 Å². The monoisotopic (exact) mass is 367 g/mol. The molecule has 2 N–H and O–H groups in total. The van der Waals surface area contributed by atoms with Gasteiger partial charge in [0.1, 0.15) is 17.4 Å². The second kappa shape index (κ2) is 7.39. The lowest BCUT2D eigenvalue weighted by molar-refractivity contribution is -0.143. The van der Waals surface area contributed by atoms with E-state index in [1.807, 2.05) is 0 Å². The van der Waals surface area contributed by atoms with Gasteiger partial charge in [-0.1, -0.05) is 0 Å². The van der Waals surface area contributed by atoms with Gasteiger partial charge in [0.05, 0.1) is 17.9 Å². The van der Waals surface area contributed by atoms with Crippen LogP contribution < -0.4 is 10.1 Å². The van der Waals surface area contributed by atoms with E-state index in [0.29, 0.717) is 25.7 Å². The standard InChI is InChI=1S/C18H19F2NO5/c19-13-7-11(26-10-3-1-9(2-4-10)18(24)25)8-14(20)16(13)12-5-6-15(22)21-17(12)23/h7-10,12H,1-6H2,(H,24,25)(H,21,22,23)/t9-,10-,12-/m1/s1. The minimum atomic E-state index is -1.05. The molecule has 1 aromatic rings. The van der Waals surface area contributed by atoms with E-state index in [-0.39, 0.29) is 30.3 Å². The zero-order chi connectivity index (χ0) is 18.8. The van der Waals surface area contributed by atoms with E-state index in [1.165, 1.54) is 0 Å². The summed E-state index contributed by atoms with van der Waals surface area (Å²) in [5, 5.41) is 11.1. The normalized spacial score (nSPS) is 26.3. The predicted molar refractivity (Wildman–Crippen MR) is 85.5 cm³/mol. The summed E-state index contributed by atoms with van der Waals surface area (Å²) in [7, 11) is 0. The summed E-state index contributed by atoms with van der Waals surface area (Å²) in [5.41, 5.74) is -0.364. The Morgan fingerprint density at radius 3 is 2.23 bits per heavy atom. The third kappa shape index (κ3) is 3.84. The smallest absolute Gasteiger partial charge is 0.306 e. The molecule has 26 heavy (non-hydrogen) atoms. The first-order valence-electron chi connectivity index (χ1n) is 8.57. The first-order valence-corrected chi connectivity index (χ1v) is 8.57. The number of amides is 2. The van der Waals surface area contributed by atoms with Crippen LogP contribution in [0.2, 0.25) is 0 Å². The molecule has 2 fully saturated rings. The molecule has 140 valence electrons. The minimum Gasteiger partial charge on any atom is -0.490 e. The van der Waals surface area contributed by atoms with E-state index in [4.69, 9.17) is 9.84 Å². The second-order valence-corrected chi connectivity index (χ2v) is 6.73. The van der Waals surface area contributed by atoms with Crippen LogP contribution in [0.5, 0.6) is 5.75 Å². The molecular weight excluding hydrogens is 348 g/mol. The van der Waals surface area contributed by atoms with Crippen LogP contribution in [0.25, 0.3) is 0 Å². The average molecular weight is 367 g/mol. The van der Waals surface area contributed by atoms with Gasteiger partial charge in [-0.25, -0.2) is 8.78 Å². The quantitative estimate of drug-likeness (QED) is 0.798. The number of carboxylic acids is 1. The summed E-state index contributed by atoms with van der Waals surface area (Å²) in [5.74, 6) is -5.24. The minimum absolute atomic E-state index is 0.00909. The highest BCUT2D eigenvalue weighted by atomic mass is 19.1. The lowest BCUT2D eigenvalue weighted by Crippen LogP contribution is -2.40. The summed E-state index contributed by atoms with van der Waals surface area (Å²) in [6.45, 7) is 0. The number of carboxylic acid groups (broad SMARTS) is 1. The Hall–Kier alpha value is -2.51. The maximum absolute atomic E-state index is 14.4. The maximum Gasteiger partial charge on any atom is 0.306 e. The van der Waals surface area contributed by atoms with Crippen molar-refractivity contribution in [3.63, 3.8) is 0 Å². The van der Waals surface area contributed by atoms with Crippen molar-refractivity contribution in [2.75, 3.05) is 0 Å². The Bertz CT molecular complexity index is 720. The summed E-state index contributed by atoms with van der Waals surface area (Å²) in [4.78, 5) is 34.0. The number of ether oxygens (including phenoxy) is 1. The molecule has 0 spiro atoms. The van der Waals surface area contributed by atoms with Crippen LogP contribution in [0.4, 0.5) is 8.78 Å². The topological polar surface area (TPSA) is 92.7 Å². The fraction of sp³-hybridized carbons (Fsp3) is 0.500. The van der Waals surface area contributed by atoms with E-state index in [1.54, 1.807) is 0 Å². The van der Waals surface area contributed by atoms with Crippen LogP contribution in [0, 0.1) is 17.6 Å². The third-order valence-electron chi connectivity index (χ3n) is 4.97. The van der Waals surface area contributed by atoms with Crippen molar-refractivity contribution < 1.29 is 33.0 Å².